The van der Waals surface area contributed by atoms with Crippen LogP contribution in [0.3, 0.4) is 0 Å². The lowest BCUT2D eigenvalue weighted by atomic mass is 9.97. The summed E-state index contributed by atoms with van der Waals surface area (Å²) in [5.41, 5.74) is 0.530. The Balaban J connectivity index is 1.88. The number of benzene rings is 1. The van der Waals surface area contributed by atoms with Gasteiger partial charge in [0.15, 0.2) is 9.84 Å². The molecule has 0 saturated carbocycles. The Morgan fingerprint density at radius 3 is 2.31 bits per heavy atom. The first-order valence-corrected chi connectivity index (χ1v) is 10.6. The van der Waals surface area contributed by atoms with Crippen LogP contribution in [0.2, 0.25) is 0 Å². The fourth-order valence-corrected chi connectivity index (χ4v) is 4.00. The van der Waals surface area contributed by atoms with Gasteiger partial charge in [-0.25, -0.2) is 8.42 Å². The second kappa shape index (κ2) is 9.48. The Hall–Kier alpha value is -1.44. The number of carbonyl (C=O) groups excluding carboxylic acids is 1. The number of piperidine rings is 1. The molecule has 0 aliphatic carbocycles. The summed E-state index contributed by atoms with van der Waals surface area (Å²) in [5, 5.41) is -0.478. The molecule has 2 rings (SSSR count). The molecule has 0 bridgehead atoms. The number of nitrogens with zero attached hydrogens (tertiary/aromatic N) is 1. The summed E-state index contributed by atoms with van der Waals surface area (Å²) in [5.74, 6) is 0.423. The summed E-state index contributed by atoms with van der Waals surface area (Å²) in [6, 6.07) is 6.27. The van der Waals surface area contributed by atoms with Crippen molar-refractivity contribution in [2.24, 2.45) is 5.92 Å². The molecule has 0 spiro atoms. The van der Waals surface area contributed by atoms with Crippen LogP contribution in [0, 0.1) is 5.92 Å². The predicted octanol–water partition coefficient (Wildman–Crippen LogP) is 2.38. The quantitative estimate of drug-likeness (QED) is 0.645. The van der Waals surface area contributed by atoms with Crippen LogP contribution in [0.5, 0.6) is 0 Å². The second-order valence-electron chi connectivity index (χ2n) is 6.92. The normalized spacial score (nSPS) is 16.2. The Bertz CT molecular complexity index is 676. The zero-order valence-electron chi connectivity index (χ0n) is 15.8. The fourth-order valence-electron chi connectivity index (χ4n) is 2.94. The van der Waals surface area contributed by atoms with Crippen molar-refractivity contribution in [1.29, 1.82) is 0 Å². The van der Waals surface area contributed by atoms with Crippen molar-refractivity contribution in [2.75, 3.05) is 40.0 Å². The fraction of sp³-hybridized carbons (Fsp3) is 0.632. The smallest absolute Gasteiger partial charge is 0.253 e. The lowest BCUT2D eigenvalue weighted by Gasteiger charge is -2.32. The highest BCUT2D eigenvalue weighted by Gasteiger charge is 2.24. The molecule has 1 aliphatic rings. The van der Waals surface area contributed by atoms with Gasteiger partial charge in [0.2, 0.25) is 0 Å². The van der Waals surface area contributed by atoms with Gasteiger partial charge in [-0.2, -0.15) is 0 Å². The summed E-state index contributed by atoms with van der Waals surface area (Å²) < 4.78 is 34.9. The molecule has 1 amide bonds. The van der Waals surface area contributed by atoms with Crippen LogP contribution >= 0.6 is 0 Å². The van der Waals surface area contributed by atoms with E-state index in [1.54, 1.807) is 33.1 Å². The van der Waals surface area contributed by atoms with Crippen molar-refractivity contribution in [2.45, 2.75) is 36.8 Å². The Kier molecular flexibility index (Phi) is 7.61. The molecule has 0 unspecified atom stereocenters. The number of methoxy groups -OCH3 is 1. The van der Waals surface area contributed by atoms with Gasteiger partial charge < -0.3 is 14.4 Å². The first kappa shape index (κ1) is 20.9. The zero-order valence-corrected chi connectivity index (χ0v) is 16.6. The van der Waals surface area contributed by atoms with Crippen molar-refractivity contribution in [3.05, 3.63) is 29.8 Å². The standard InChI is InChI=1S/C19H29NO5S/c1-15(2)26(22,23)18-6-4-17(5-7-18)19(21)20-10-8-16(9-11-20)14-25-13-12-24-3/h4-7,15-16H,8-14H2,1-3H3. The van der Waals surface area contributed by atoms with E-state index < -0.39 is 15.1 Å². The van der Waals surface area contributed by atoms with E-state index in [1.807, 2.05) is 4.90 Å². The third kappa shape index (κ3) is 5.28. The zero-order chi connectivity index (χ0) is 19.2. The molecule has 1 saturated heterocycles. The van der Waals surface area contributed by atoms with Gasteiger partial charge in [-0.15, -0.1) is 0 Å². The lowest BCUT2D eigenvalue weighted by molar-refractivity contribution is 0.0327. The summed E-state index contributed by atoms with van der Waals surface area (Å²) in [6.45, 7) is 6.59. The van der Waals surface area contributed by atoms with Crippen LogP contribution in [0.4, 0.5) is 0 Å². The minimum atomic E-state index is -3.31. The molecule has 1 aromatic carbocycles. The molecule has 26 heavy (non-hydrogen) atoms. The van der Waals surface area contributed by atoms with Gasteiger partial charge in [0, 0.05) is 32.4 Å². The van der Waals surface area contributed by atoms with Gasteiger partial charge in [0.25, 0.3) is 5.91 Å². The van der Waals surface area contributed by atoms with Gasteiger partial charge in [-0.1, -0.05) is 0 Å². The molecule has 0 atom stereocenters. The van der Waals surface area contributed by atoms with Crippen LogP contribution in [0.25, 0.3) is 0 Å². The van der Waals surface area contributed by atoms with E-state index in [-0.39, 0.29) is 10.8 Å². The molecule has 7 heteroatoms. The number of hydrogen-bond acceptors (Lipinski definition) is 5. The van der Waals surface area contributed by atoms with E-state index in [0.717, 1.165) is 12.8 Å². The summed E-state index contributed by atoms with van der Waals surface area (Å²) in [6.07, 6.45) is 1.83. The number of hydrogen-bond donors (Lipinski definition) is 0. The number of rotatable bonds is 8. The second-order valence-corrected chi connectivity index (χ2v) is 9.43. The monoisotopic (exact) mass is 383 g/mol. The van der Waals surface area contributed by atoms with Crippen molar-refractivity contribution in [3.63, 3.8) is 0 Å². The maximum absolute atomic E-state index is 12.6. The summed E-state index contributed by atoms with van der Waals surface area (Å²) in [7, 11) is -1.66. The van der Waals surface area contributed by atoms with E-state index in [4.69, 9.17) is 9.47 Å². The van der Waals surface area contributed by atoms with E-state index in [2.05, 4.69) is 0 Å². The Labute approximate surface area is 156 Å². The van der Waals surface area contributed by atoms with Gasteiger partial charge in [0.1, 0.15) is 0 Å². The molecule has 1 aliphatic heterocycles. The minimum absolute atomic E-state index is 0.0442. The highest BCUT2D eigenvalue weighted by molar-refractivity contribution is 7.92. The SMILES string of the molecule is COCCOCC1CCN(C(=O)c2ccc(S(=O)(=O)C(C)C)cc2)CC1. The van der Waals surface area contributed by atoms with Gasteiger partial charge >= 0.3 is 0 Å². The van der Waals surface area contributed by atoms with Crippen molar-refractivity contribution < 1.29 is 22.7 Å². The largest absolute Gasteiger partial charge is 0.382 e. The highest BCUT2D eigenvalue weighted by Crippen LogP contribution is 2.21. The molecule has 146 valence electrons. The molecule has 6 nitrogen and oxygen atoms in total. The molecule has 1 heterocycles. The van der Waals surface area contributed by atoms with Gasteiger partial charge in [0.05, 0.1) is 23.4 Å². The number of amides is 1. The minimum Gasteiger partial charge on any atom is -0.382 e. The highest BCUT2D eigenvalue weighted by atomic mass is 32.2. The number of likely N-dealkylation sites (tertiary alicyclic amines) is 1. The van der Waals surface area contributed by atoms with Gasteiger partial charge in [-0.05, 0) is 56.9 Å². The third-order valence-corrected chi connectivity index (χ3v) is 6.91. The maximum atomic E-state index is 12.6. The number of carbonyl (C=O) groups is 1. The van der Waals surface area contributed by atoms with E-state index in [9.17, 15) is 13.2 Å². The van der Waals surface area contributed by atoms with Gasteiger partial charge in [-0.3, -0.25) is 4.79 Å². The molecule has 1 fully saturated rings. The summed E-state index contributed by atoms with van der Waals surface area (Å²) >= 11 is 0. The van der Waals surface area contributed by atoms with Crippen LogP contribution in [-0.2, 0) is 19.3 Å². The Morgan fingerprint density at radius 2 is 1.77 bits per heavy atom. The molecule has 0 radical (unpaired) electrons. The van der Waals surface area contributed by atoms with Crippen molar-refractivity contribution in [1.82, 2.24) is 4.90 Å². The number of ether oxygens (including phenoxy) is 2. The lowest BCUT2D eigenvalue weighted by Crippen LogP contribution is -2.39. The molecular formula is C19H29NO5S. The predicted molar refractivity (Wildman–Crippen MR) is 100 cm³/mol. The topological polar surface area (TPSA) is 72.9 Å². The third-order valence-electron chi connectivity index (χ3n) is 4.74. The maximum Gasteiger partial charge on any atom is 0.253 e. The first-order valence-electron chi connectivity index (χ1n) is 9.06. The first-order chi connectivity index (χ1) is 12.4. The number of sulfone groups is 1. The molecule has 0 N–H and O–H groups in total. The average molecular weight is 384 g/mol. The molecule has 1 aromatic rings. The van der Waals surface area contributed by atoms with E-state index in [1.165, 1.54) is 12.1 Å². The van der Waals surface area contributed by atoms with Crippen LogP contribution < -0.4 is 0 Å². The van der Waals surface area contributed by atoms with Crippen LogP contribution in [-0.4, -0.2) is 64.5 Å². The van der Waals surface area contributed by atoms with Crippen molar-refractivity contribution >= 4 is 15.7 Å². The van der Waals surface area contributed by atoms with Crippen molar-refractivity contribution in [3.8, 4) is 0 Å². The molecule has 0 aromatic heterocycles. The molecular weight excluding hydrogens is 354 g/mol. The Morgan fingerprint density at radius 1 is 1.15 bits per heavy atom. The summed E-state index contributed by atoms with van der Waals surface area (Å²) in [4.78, 5) is 14.7. The average Bonchev–Trinajstić information content (AvgIpc) is 2.65. The van der Waals surface area contributed by atoms with Crippen LogP contribution in [0.1, 0.15) is 37.0 Å². The van der Waals surface area contributed by atoms with E-state index in [0.29, 0.717) is 44.4 Å². The van der Waals surface area contributed by atoms with Crippen LogP contribution in [0.15, 0.2) is 29.2 Å². The van der Waals surface area contributed by atoms with E-state index >= 15 is 0 Å².